The third kappa shape index (κ3) is 6.26. The van der Waals surface area contributed by atoms with Crippen molar-refractivity contribution < 1.29 is 19.0 Å². The maximum atomic E-state index is 12.4. The number of hydrogen-bond donors (Lipinski definition) is 1. The summed E-state index contributed by atoms with van der Waals surface area (Å²) in [5, 5.41) is 3.46. The van der Waals surface area contributed by atoms with Crippen molar-refractivity contribution in [1.82, 2.24) is 5.32 Å². The van der Waals surface area contributed by atoms with Gasteiger partial charge in [-0.25, -0.2) is 4.79 Å². The lowest BCUT2D eigenvalue weighted by atomic mass is 9.98. The van der Waals surface area contributed by atoms with Gasteiger partial charge in [-0.3, -0.25) is 0 Å². The first-order chi connectivity index (χ1) is 15.8. The van der Waals surface area contributed by atoms with Crippen molar-refractivity contribution in [1.29, 1.82) is 0 Å². The van der Waals surface area contributed by atoms with Gasteiger partial charge >= 0.3 is 5.97 Å². The number of carbonyl (C=O) groups excluding carboxylic acids is 1. The van der Waals surface area contributed by atoms with E-state index in [9.17, 15) is 4.79 Å². The van der Waals surface area contributed by atoms with Crippen LogP contribution in [0.25, 0.3) is 0 Å². The second kappa shape index (κ2) is 11.6. The molecule has 1 aliphatic rings. The van der Waals surface area contributed by atoms with Gasteiger partial charge in [0.2, 0.25) is 0 Å². The third-order valence-corrected chi connectivity index (χ3v) is 5.59. The average Bonchev–Trinajstić information content (AvgIpc) is 2.87. The molecule has 0 bridgehead atoms. The van der Waals surface area contributed by atoms with Crippen molar-refractivity contribution >= 4 is 5.97 Å². The molecule has 0 spiro atoms. The van der Waals surface area contributed by atoms with Crippen LogP contribution in [-0.2, 0) is 27.4 Å². The van der Waals surface area contributed by atoms with Gasteiger partial charge in [0.15, 0.2) is 0 Å². The van der Waals surface area contributed by atoms with Crippen molar-refractivity contribution in [2.75, 3.05) is 13.2 Å². The monoisotopic (exact) mass is 431 g/mol. The normalized spacial score (nSPS) is 20.6. The Balaban J connectivity index is 1.41. The molecule has 3 aromatic rings. The van der Waals surface area contributed by atoms with Crippen molar-refractivity contribution in [2.24, 2.45) is 0 Å². The van der Waals surface area contributed by atoms with Crippen LogP contribution in [0.1, 0.15) is 27.9 Å². The van der Waals surface area contributed by atoms with Crippen LogP contribution in [0.15, 0.2) is 91.0 Å². The van der Waals surface area contributed by atoms with E-state index in [2.05, 4.69) is 17.4 Å². The Morgan fingerprint density at radius 2 is 1.34 bits per heavy atom. The lowest BCUT2D eigenvalue weighted by molar-refractivity contribution is -0.121. The molecule has 166 valence electrons. The largest absolute Gasteiger partial charge is 0.460 e. The Morgan fingerprint density at radius 1 is 0.781 bits per heavy atom. The molecule has 5 heteroatoms. The van der Waals surface area contributed by atoms with Crippen LogP contribution in [0, 0.1) is 0 Å². The molecule has 5 nitrogen and oxygen atoms in total. The number of ether oxygens (including phenoxy) is 3. The average molecular weight is 432 g/mol. The highest BCUT2D eigenvalue weighted by atomic mass is 16.6. The van der Waals surface area contributed by atoms with Gasteiger partial charge in [-0.05, 0) is 36.2 Å². The first-order valence-electron chi connectivity index (χ1n) is 11.1. The zero-order chi connectivity index (χ0) is 22.0. The van der Waals surface area contributed by atoms with E-state index in [1.54, 1.807) is 12.1 Å². The molecule has 0 amide bonds. The highest BCUT2D eigenvalue weighted by molar-refractivity contribution is 5.89. The predicted octanol–water partition coefficient (Wildman–Crippen LogP) is 4.38. The second-order valence-corrected chi connectivity index (χ2v) is 7.91. The van der Waals surface area contributed by atoms with E-state index >= 15 is 0 Å². The van der Waals surface area contributed by atoms with Crippen LogP contribution >= 0.6 is 0 Å². The Labute approximate surface area is 189 Å². The molecule has 1 N–H and O–H groups in total. The van der Waals surface area contributed by atoms with Crippen molar-refractivity contribution in [3.8, 4) is 0 Å². The molecular formula is C27H29NO4. The first-order valence-corrected chi connectivity index (χ1v) is 11.1. The molecule has 0 saturated carbocycles. The van der Waals surface area contributed by atoms with E-state index in [4.69, 9.17) is 14.2 Å². The van der Waals surface area contributed by atoms with Crippen molar-refractivity contribution in [3.05, 3.63) is 108 Å². The first kappa shape index (κ1) is 22.2. The molecular weight excluding hydrogens is 402 g/mol. The standard InChI is InChI=1S/C27H29NO4/c29-27(23-14-8-3-9-15-23)32-20-24-26(31-19-22-12-6-2-7-13-22)25(16-17-28-24)30-18-21-10-4-1-5-11-21/h1-15,24-26,28H,16-20H2/t24-,25+,26+/m0/s1. The van der Waals surface area contributed by atoms with Gasteiger partial charge in [-0.2, -0.15) is 0 Å². The van der Waals surface area contributed by atoms with Crippen molar-refractivity contribution in [2.45, 2.75) is 37.9 Å². The molecule has 1 heterocycles. The zero-order valence-corrected chi connectivity index (χ0v) is 18.1. The number of hydrogen-bond acceptors (Lipinski definition) is 5. The van der Waals surface area contributed by atoms with Crippen molar-refractivity contribution in [3.63, 3.8) is 0 Å². The van der Waals surface area contributed by atoms with Gasteiger partial charge < -0.3 is 19.5 Å². The Hall–Kier alpha value is -2.99. The number of nitrogens with one attached hydrogen (secondary N) is 1. The minimum Gasteiger partial charge on any atom is -0.460 e. The van der Waals surface area contributed by atoms with Crippen LogP contribution in [0.5, 0.6) is 0 Å². The summed E-state index contributed by atoms with van der Waals surface area (Å²) in [6.07, 6.45) is 0.493. The Kier molecular flexibility index (Phi) is 8.04. The van der Waals surface area contributed by atoms with Crippen LogP contribution in [0.2, 0.25) is 0 Å². The maximum absolute atomic E-state index is 12.4. The lowest BCUT2D eigenvalue weighted by Crippen LogP contribution is -2.56. The number of rotatable bonds is 9. The summed E-state index contributed by atoms with van der Waals surface area (Å²) in [5.74, 6) is -0.332. The fourth-order valence-corrected chi connectivity index (χ4v) is 3.87. The summed E-state index contributed by atoms with van der Waals surface area (Å²) in [6.45, 7) is 1.99. The fourth-order valence-electron chi connectivity index (χ4n) is 3.87. The SMILES string of the molecule is O=C(OC[C@@H]1NCC[C@@H](OCc2ccccc2)[C@@H]1OCc1ccccc1)c1ccccc1. The van der Waals surface area contributed by atoms with Crippen LogP contribution in [0.3, 0.4) is 0 Å². The summed E-state index contributed by atoms with van der Waals surface area (Å²) in [6, 6.07) is 29.1. The quantitative estimate of drug-likeness (QED) is 0.510. The van der Waals surface area contributed by atoms with E-state index in [1.165, 1.54) is 0 Å². The number of esters is 1. The highest BCUT2D eigenvalue weighted by Crippen LogP contribution is 2.21. The Morgan fingerprint density at radius 3 is 1.97 bits per heavy atom. The van der Waals surface area contributed by atoms with Gasteiger partial charge in [-0.1, -0.05) is 78.9 Å². The smallest absolute Gasteiger partial charge is 0.338 e. The molecule has 0 unspecified atom stereocenters. The van der Waals surface area contributed by atoms with Gasteiger partial charge in [-0.15, -0.1) is 0 Å². The summed E-state index contributed by atoms with van der Waals surface area (Å²) >= 11 is 0. The van der Waals surface area contributed by atoms with Gasteiger partial charge in [0.1, 0.15) is 12.7 Å². The lowest BCUT2D eigenvalue weighted by Gasteiger charge is -2.38. The molecule has 1 aliphatic heterocycles. The zero-order valence-electron chi connectivity index (χ0n) is 18.1. The summed E-state index contributed by atoms with van der Waals surface area (Å²) in [5.41, 5.74) is 2.77. The van der Waals surface area contributed by atoms with Gasteiger partial charge in [0, 0.05) is 0 Å². The molecule has 0 aliphatic carbocycles. The number of carbonyl (C=O) groups is 1. The van der Waals surface area contributed by atoms with E-state index in [1.807, 2.05) is 66.7 Å². The van der Waals surface area contributed by atoms with Gasteiger partial charge in [0.25, 0.3) is 0 Å². The topological polar surface area (TPSA) is 56.8 Å². The molecule has 0 aromatic heterocycles. The van der Waals surface area contributed by atoms with E-state index in [0.29, 0.717) is 18.8 Å². The van der Waals surface area contributed by atoms with Crippen LogP contribution in [-0.4, -0.2) is 37.4 Å². The number of benzene rings is 3. The third-order valence-electron chi connectivity index (χ3n) is 5.59. The Bertz CT molecular complexity index is 949. The second-order valence-electron chi connectivity index (χ2n) is 7.91. The predicted molar refractivity (Wildman–Crippen MR) is 123 cm³/mol. The van der Waals surface area contributed by atoms with Crippen LogP contribution < -0.4 is 5.32 Å². The van der Waals surface area contributed by atoms with Crippen LogP contribution in [0.4, 0.5) is 0 Å². The molecule has 1 fully saturated rings. The minimum atomic E-state index is -0.332. The number of piperidine rings is 1. The summed E-state index contributed by atoms with van der Waals surface area (Å²) in [4.78, 5) is 12.4. The highest BCUT2D eigenvalue weighted by Gasteiger charge is 2.35. The molecule has 32 heavy (non-hydrogen) atoms. The molecule has 4 rings (SSSR count). The minimum absolute atomic E-state index is 0.0967. The summed E-state index contributed by atoms with van der Waals surface area (Å²) in [7, 11) is 0. The molecule has 1 saturated heterocycles. The van der Waals surface area contributed by atoms with E-state index in [0.717, 1.165) is 24.1 Å². The molecule has 3 atom stereocenters. The fraction of sp³-hybridized carbons (Fsp3) is 0.296. The maximum Gasteiger partial charge on any atom is 0.338 e. The van der Waals surface area contributed by atoms with Gasteiger partial charge in [0.05, 0.1) is 30.9 Å². The summed E-state index contributed by atoms with van der Waals surface area (Å²) < 4.78 is 18.3. The molecule has 0 radical (unpaired) electrons. The van der Waals surface area contributed by atoms with E-state index < -0.39 is 0 Å². The van der Waals surface area contributed by atoms with E-state index in [-0.39, 0.29) is 30.8 Å². The molecule has 3 aromatic carbocycles.